The monoisotopic (exact) mass is 440 g/mol. The van der Waals surface area contributed by atoms with Crippen molar-refractivity contribution < 1.29 is 14.4 Å². The minimum absolute atomic E-state index is 0.0278. The summed E-state index contributed by atoms with van der Waals surface area (Å²) in [5.41, 5.74) is 6.81. The number of hydrogen-bond acceptors (Lipinski definition) is 5. The van der Waals surface area contributed by atoms with Crippen LogP contribution in [-0.4, -0.2) is 50.0 Å². The van der Waals surface area contributed by atoms with Crippen molar-refractivity contribution in [2.24, 2.45) is 5.73 Å². The van der Waals surface area contributed by atoms with Gasteiger partial charge in [0.05, 0.1) is 24.3 Å². The van der Waals surface area contributed by atoms with Gasteiger partial charge in [-0.05, 0) is 31.0 Å². The van der Waals surface area contributed by atoms with Crippen LogP contribution in [-0.2, 0) is 22.7 Å². The van der Waals surface area contributed by atoms with Crippen LogP contribution in [0.5, 0.6) is 0 Å². The molecule has 4 rings (SSSR count). The van der Waals surface area contributed by atoms with Crippen LogP contribution in [0.25, 0.3) is 10.9 Å². The minimum atomic E-state index is -0.657. The largest absolute Gasteiger partial charge is 0.364 e. The number of nitrogens with zero attached hydrogens (tertiary/aromatic N) is 4. The van der Waals surface area contributed by atoms with Crippen LogP contribution in [0.15, 0.2) is 42.5 Å². The van der Waals surface area contributed by atoms with Gasteiger partial charge in [-0.2, -0.15) is 5.10 Å². The Labute approximate surface area is 183 Å². The van der Waals surface area contributed by atoms with E-state index >= 15 is 0 Å². The molecule has 0 aliphatic heterocycles. The molecule has 0 unspecified atom stereocenters. The van der Waals surface area contributed by atoms with Gasteiger partial charge in [-0.3, -0.25) is 19.1 Å². The van der Waals surface area contributed by atoms with E-state index in [0.717, 1.165) is 12.8 Å². The van der Waals surface area contributed by atoms with Gasteiger partial charge in [-0.15, -0.1) is 0 Å². The number of rotatable bonds is 8. The maximum atomic E-state index is 13.0. The van der Waals surface area contributed by atoms with E-state index in [9.17, 15) is 14.4 Å². The maximum Gasteiger partial charge on any atom is 0.269 e. The number of amides is 3. The topological polar surface area (TPSA) is 123 Å². The fourth-order valence-corrected chi connectivity index (χ4v) is 3.59. The first-order valence-electron chi connectivity index (χ1n) is 9.85. The standard InChI is InChI=1S/C21H21ClN6O3/c22-17-7-3-4-13(25-17)10-24-18(29)11-27(14-8-9-14)19(30)12-28-16-6-2-1-5-15(16)20(26-28)21(23)31/h1-7,14H,8-12H2,(H2,23,31)(H,24,29). The molecular weight excluding hydrogens is 420 g/mol. The van der Waals surface area contributed by atoms with Gasteiger partial charge in [0.2, 0.25) is 11.8 Å². The summed E-state index contributed by atoms with van der Waals surface area (Å²) < 4.78 is 1.46. The normalized spacial score (nSPS) is 13.2. The van der Waals surface area contributed by atoms with Crippen molar-refractivity contribution >= 4 is 40.2 Å². The fraction of sp³-hybridized carbons (Fsp3) is 0.286. The zero-order chi connectivity index (χ0) is 22.0. The van der Waals surface area contributed by atoms with Gasteiger partial charge in [0.15, 0.2) is 5.69 Å². The molecule has 0 bridgehead atoms. The highest BCUT2D eigenvalue weighted by molar-refractivity contribution is 6.29. The van der Waals surface area contributed by atoms with Gasteiger partial charge >= 0.3 is 0 Å². The van der Waals surface area contributed by atoms with E-state index in [1.54, 1.807) is 47.4 Å². The first-order chi connectivity index (χ1) is 14.9. The second-order valence-corrected chi connectivity index (χ2v) is 7.76. The third-order valence-corrected chi connectivity index (χ3v) is 5.25. The Hall–Kier alpha value is -3.46. The average Bonchev–Trinajstić information content (AvgIpc) is 3.52. The Morgan fingerprint density at radius 3 is 2.65 bits per heavy atom. The molecule has 3 N–H and O–H groups in total. The lowest BCUT2D eigenvalue weighted by molar-refractivity contribution is -0.137. The molecule has 1 aliphatic rings. The SMILES string of the molecule is NC(=O)c1nn(CC(=O)N(CC(=O)NCc2cccc(Cl)n2)C2CC2)c2ccccc12. The molecule has 31 heavy (non-hydrogen) atoms. The summed E-state index contributed by atoms with van der Waals surface area (Å²) in [5, 5.41) is 7.94. The van der Waals surface area contributed by atoms with Crippen molar-refractivity contribution in [2.45, 2.75) is 32.0 Å². The molecule has 2 heterocycles. The molecule has 3 amide bonds. The number of benzene rings is 1. The highest BCUT2D eigenvalue weighted by Crippen LogP contribution is 2.27. The summed E-state index contributed by atoms with van der Waals surface area (Å²) in [6.45, 7) is 0.0667. The van der Waals surface area contributed by atoms with Gasteiger partial charge in [0.25, 0.3) is 5.91 Å². The number of para-hydroxylation sites is 1. The van der Waals surface area contributed by atoms with Gasteiger partial charge < -0.3 is 16.0 Å². The first-order valence-corrected chi connectivity index (χ1v) is 10.2. The Morgan fingerprint density at radius 2 is 1.94 bits per heavy atom. The Balaban J connectivity index is 1.44. The Kier molecular flexibility index (Phi) is 5.85. The molecule has 0 saturated heterocycles. The number of hydrogen-bond donors (Lipinski definition) is 2. The van der Waals surface area contributed by atoms with E-state index in [2.05, 4.69) is 15.4 Å². The van der Waals surface area contributed by atoms with Crippen LogP contribution in [0.3, 0.4) is 0 Å². The van der Waals surface area contributed by atoms with Gasteiger partial charge in [-0.25, -0.2) is 4.98 Å². The number of primary amides is 1. The quantitative estimate of drug-likeness (QED) is 0.513. The van der Waals surface area contributed by atoms with Crippen LogP contribution in [0.2, 0.25) is 5.15 Å². The summed E-state index contributed by atoms with van der Waals surface area (Å²) in [7, 11) is 0. The molecule has 3 aromatic rings. The van der Waals surface area contributed by atoms with E-state index in [1.807, 2.05) is 0 Å². The van der Waals surface area contributed by atoms with Crippen molar-refractivity contribution in [1.29, 1.82) is 0 Å². The van der Waals surface area contributed by atoms with E-state index < -0.39 is 5.91 Å². The number of carbonyl (C=O) groups excluding carboxylic acids is 3. The average molecular weight is 441 g/mol. The summed E-state index contributed by atoms with van der Waals surface area (Å²) in [5.74, 6) is -1.19. The third kappa shape index (κ3) is 4.83. The van der Waals surface area contributed by atoms with Crippen LogP contribution in [0, 0.1) is 0 Å². The van der Waals surface area contributed by atoms with Crippen LogP contribution in [0.4, 0.5) is 0 Å². The second kappa shape index (κ2) is 8.73. The van der Waals surface area contributed by atoms with E-state index in [-0.39, 0.29) is 43.2 Å². The molecule has 10 heteroatoms. The maximum absolute atomic E-state index is 13.0. The number of halogens is 1. The van der Waals surface area contributed by atoms with Gasteiger partial charge in [-0.1, -0.05) is 35.9 Å². The molecule has 1 aromatic carbocycles. The van der Waals surface area contributed by atoms with Crippen molar-refractivity contribution in [3.8, 4) is 0 Å². The second-order valence-electron chi connectivity index (χ2n) is 7.37. The summed E-state index contributed by atoms with van der Waals surface area (Å²) >= 11 is 5.86. The summed E-state index contributed by atoms with van der Waals surface area (Å²) in [6.07, 6.45) is 1.70. The van der Waals surface area contributed by atoms with Gasteiger partial charge in [0.1, 0.15) is 11.7 Å². The van der Waals surface area contributed by atoms with Crippen molar-refractivity contribution in [3.05, 3.63) is 59.0 Å². The fourth-order valence-electron chi connectivity index (χ4n) is 3.40. The highest BCUT2D eigenvalue weighted by Gasteiger charge is 2.34. The third-order valence-electron chi connectivity index (χ3n) is 5.04. The molecule has 0 radical (unpaired) electrons. The van der Waals surface area contributed by atoms with Crippen LogP contribution >= 0.6 is 11.6 Å². The highest BCUT2D eigenvalue weighted by atomic mass is 35.5. The van der Waals surface area contributed by atoms with E-state index in [4.69, 9.17) is 17.3 Å². The molecule has 0 spiro atoms. The zero-order valence-corrected chi connectivity index (χ0v) is 17.4. The Morgan fingerprint density at radius 1 is 1.16 bits per heavy atom. The number of fused-ring (bicyclic) bond motifs is 1. The predicted molar refractivity (Wildman–Crippen MR) is 114 cm³/mol. The van der Waals surface area contributed by atoms with Crippen LogP contribution in [0.1, 0.15) is 29.0 Å². The molecule has 0 atom stereocenters. The summed E-state index contributed by atoms with van der Waals surface area (Å²) in [4.78, 5) is 42.9. The molecule has 160 valence electrons. The lowest BCUT2D eigenvalue weighted by Gasteiger charge is -2.22. The minimum Gasteiger partial charge on any atom is -0.364 e. The number of carbonyl (C=O) groups is 3. The molecule has 1 fully saturated rings. The van der Waals surface area contributed by atoms with Crippen LogP contribution < -0.4 is 11.1 Å². The van der Waals surface area contributed by atoms with Gasteiger partial charge in [0, 0.05) is 11.4 Å². The zero-order valence-electron chi connectivity index (χ0n) is 16.6. The molecule has 1 saturated carbocycles. The Bertz CT molecular complexity index is 1160. The van der Waals surface area contributed by atoms with Crippen molar-refractivity contribution in [1.82, 2.24) is 25.0 Å². The molecular formula is C21H21ClN6O3. The van der Waals surface area contributed by atoms with Crippen molar-refractivity contribution in [3.63, 3.8) is 0 Å². The number of aromatic nitrogens is 3. The first kappa shape index (κ1) is 20.8. The van der Waals surface area contributed by atoms with E-state index in [1.165, 1.54) is 4.68 Å². The lowest BCUT2D eigenvalue weighted by atomic mass is 10.2. The molecule has 2 aromatic heterocycles. The smallest absolute Gasteiger partial charge is 0.269 e. The molecule has 9 nitrogen and oxygen atoms in total. The summed E-state index contributed by atoms with van der Waals surface area (Å²) in [6, 6.07) is 12.3. The van der Waals surface area contributed by atoms with E-state index in [0.29, 0.717) is 21.7 Å². The number of pyridine rings is 1. The number of nitrogens with one attached hydrogen (secondary N) is 1. The number of nitrogens with two attached hydrogens (primary N) is 1. The predicted octanol–water partition coefficient (Wildman–Crippen LogP) is 1.49. The lowest BCUT2D eigenvalue weighted by Crippen LogP contribution is -2.43. The molecule has 1 aliphatic carbocycles. The van der Waals surface area contributed by atoms with Crippen molar-refractivity contribution in [2.75, 3.05) is 6.54 Å².